The molecular formula is C30H40N2O4. The number of unbranched alkanes of at least 4 members (excludes halogenated alkanes) is 2. The van der Waals surface area contributed by atoms with Crippen molar-refractivity contribution in [3.05, 3.63) is 70.8 Å². The number of aliphatic hydroxyl groups is 1. The molecule has 0 aromatic heterocycles. The van der Waals surface area contributed by atoms with Crippen molar-refractivity contribution in [3.8, 4) is 5.75 Å². The molecule has 194 valence electrons. The fourth-order valence-corrected chi connectivity index (χ4v) is 4.76. The number of likely N-dealkylation sites (tertiary alicyclic amines) is 1. The van der Waals surface area contributed by atoms with Crippen molar-refractivity contribution in [1.29, 1.82) is 0 Å². The molecule has 1 amide bonds. The maximum Gasteiger partial charge on any atom is 0.295 e. The maximum atomic E-state index is 13.3. The Kier molecular flexibility index (Phi) is 10.1. The van der Waals surface area contributed by atoms with E-state index in [2.05, 4.69) is 18.7 Å². The number of Topliss-reactive ketones (excluding diaryl/α,β-unsaturated/α-hetero) is 1. The molecule has 6 heteroatoms. The molecule has 1 saturated heterocycles. The van der Waals surface area contributed by atoms with Crippen molar-refractivity contribution in [2.45, 2.75) is 58.9 Å². The lowest BCUT2D eigenvalue weighted by molar-refractivity contribution is -0.140. The topological polar surface area (TPSA) is 70.1 Å². The summed E-state index contributed by atoms with van der Waals surface area (Å²) in [6.07, 6.45) is 5.32. The third kappa shape index (κ3) is 6.35. The predicted molar refractivity (Wildman–Crippen MR) is 144 cm³/mol. The van der Waals surface area contributed by atoms with E-state index in [1.54, 1.807) is 24.1 Å². The van der Waals surface area contributed by atoms with E-state index >= 15 is 0 Å². The summed E-state index contributed by atoms with van der Waals surface area (Å²) in [5.74, 6) is -0.804. The van der Waals surface area contributed by atoms with Gasteiger partial charge in [0.15, 0.2) is 0 Å². The Balaban J connectivity index is 1.95. The number of rotatable bonds is 13. The van der Waals surface area contributed by atoms with Crippen molar-refractivity contribution in [1.82, 2.24) is 9.80 Å². The second-order valence-corrected chi connectivity index (χ2v) is 9.50. The average molecular weight is 493 g/mol. The number of nitrogens with zero attached hydrogens (tertiary/aromatic N) is 2. The zero-order chi connectivity index (χ0) is 26.1. The first-order valence-electron chi connectivity index (χ1n) is 13.1. The Hall–Kier alpha value is -3.12. The minimum Gasteiger partial charge on any atom is -0.507 e. The van der Waals surface area contributed by atoms with Crippen LogP contribution in [0.15, 0.2) is 54.1 Å². The van der Waals surface area contributed by atoms with E-state index in [0.717, 1.165) is 57.3 Å². The summed E-state index contributed by atoms with van der Waals surface area (Å²) in [4.78, 5) is 30.6. The zero-order valence-corrected chi connectivity index (χ0v) is 22.1. The summed E-state index contributed by atoms with van der Waals surface area (Å²) in [7, 11) is 1.57. The van der Waals surface area contributed by atoms with Gasteiger partial charge in [0, 0.05) is 17.7 Å². The second kappa shape index (κ2) is 13.3. The number of aliphatic hydroxyl groups excluding tert-OH is 1. The Bertz CT molecular complexity index is 1050. The van der Waals surface area contributed by atoms with Crippen molar-refractivity contribution in [3.63, 3.8) is 0 Å². The lowest BCUT2D eigenvalue weighted by atomic mass is 9.94. The maximum absolute atomic E-state index is 13.3. The van der Waals surface area contributed by atoms with Gasteiger partial charge in [0.1, 0.15) is 11.5 Å². The smallest absolute Gasteiger partial charge is 0.295 e. The molecule has 1 fully saturated rings. The van der Waals surface area contributed by atoms with E-state index in [1.165, 1.54) is 0 Å². The molecule has 0 bridgehead atoms. The number of carbonyl (C=O) groups excluding carboxylic acids is 2. The highest BCUT2D eigenvalue weighted by atomic mass is 16.5. The first-order chi connectivity index (χ1) is 17.4. The van der Waals surface area contributed by atoms with Crippen LogP contribution in [-0.2, 0) is 9.59 Å². The number of para-hydroxylation sites is 1. The Morgan fingerprint density at radius 2 is 1.56 bits per heavy atom. The number of ketones is 1. The van der Waals surface area contributed by atoms with Gasteiger partial charge in [0.2, 0.25) is 0 Å². The van der Waals surface area contributed by atoms with Gasteiger partial charge in [-0.05, 0) is 51.9 Å². The van der Waals surface area contributed by atoms with Crippen LogP contribution in [-0.4, -0.2) is 59.9 Å². The molecule has 2 aromatic rings. The van der Waals surface area contributed by atoms with Crippen LogP contribution in [0.2, 0.25) is 0 Å². The number of amides is 1. The van der Waals surface area contributed by atoms with Crippen LogP contribution in [0, 0.1) is 6.92 Å². The lowest BCUT2D eigenvalue weighted by Gasteiger charge is -2.28. The van der Waals surface area contributed by atoms with Gasteiger partial charge in [-0.2, -0.15) is 0 Å². The van der Waals surface area contributed by atoms with Gasteiger partial charge in [0.25, 0.3) is 11.7 Å². The van der Waals surface area contributed by atoms with E-state index in [0.29, 0.717) is 23.4 Å². The number of methoxy groups -OCH3 is 1. The molecule has 0 saturated carbocycles. The van der Waals surface area contributed by atoms with E-state index in [9.17, 15) is 14.7 Å². The van der Waals surface area contributed by atoms with Crippen LogP contribution in [0.1, 0.15) is 68.7 Å². The number of hydrogen-bond donors (Lipinski definition) is 1. The fourth-order valence-electron chi connectivity index (χ4n) is 4.76. The normalized spacial score (nSPS) is 17.2. The van der Waals surface area contributed by atoms with Crippen LogP contribution in [0.3, 0.4) is 0 Å². The SMILES string of the molecule is CCCCN(CCCC)CCCN1C(=O)C(=O)C(=C(O)c2ccc(C)cc2)[C@H]1c1ccccc1OC. The molecule has 0 aliphatic carbocycles. The molecule has 1 aliphatic heterocycles. The van der Waals surface area contributed by atoms with Gasteiger partial charge >= 0.3 is 0 Å². The molecule has 1 aliphatic rings. The Labute approximate surface area is 215 Å². The van der Waals surface area contributed by atoms with E-state index < -0.39 is 17.7 Å². The number of ether oxygens (including phenoxy) is 1. The molecule has 2 aromatic carbocycles. The highest BCUT2D eigenvalue weighted by Crippen LogP contribution is 2.42. The summed E-state index contributed by atoms with van der Waals surface area (Å²) in [5, 5.41) is 11.3. The number of aryl methyl sites for hydroxylation is 1. The zero-order valence-electron chi connectivity index (χ0n) is 22.1. The highest BCUT2D eigenvalue weighted by Gasteiger charge is 2.46. The molecule has 3 rings (SSSR count). The Morgan fingerprint density at radius 1 is 0.944 bits per heavy atom. The van der Waals surface area contributed by atoms with Gasteiger partial charge in [-0.25, -0.2) is 0 Å². The Morgan fingerprint density at radius 3 is 2.17 bits per heavy atom. The first kappa shape index (κ1) is 27.5. The molecule has 0 radical (unpaired) electrons. The van der Waals surface area contributed by atoms with Crippen molar-refractivity contribution in [2.24, 2.45) is 0 Å². The summed E-state index contributed by atoms with van der Waals surface area (Å²) in [5.41, 5.74) is 2.37. The van der Waals surface area contributed by atoms with Crippen LogP contribution < -0.4 is 4.74 Å². The third-order valence-electron chi connectivity index (χ3n) is 6.83. The first-order valence-corrected chi connectivity index (χ1v) is 13.1. The average Bonchev–Trinajstić information content (AvgIpc) is 3.14. The van der Waals surface area contributed by atoms with Crippen LogP contribution in [0.25, 0.3) is 5.76 Å². The van der Waals surface area contributed by atoms with Gasteiger partial charge < -0.3 is 19.6 Å². The predicted octanol–water partition coefficient (Wildman–Crippen LogP) is 5.72. The number of benzene rings is 2. The minimum atomic E-state index is -0.706. The molecule has 0 unspecified atom stereocenters. The number of hydrogen-bond acceptors (Lipinski definition) is 5. The van der Waals surface area contributed by atoms with Crippen LogP contribution in [0.4, 0.5) is 0 Å². The van der Waals surface area contributed by atoms with Gasteiger partial charge in [-0.3, -0.25) is 9.59 Å². The molecule has 6 nitrogen and oxygen atoms in total. The third-order valence-corrected chi connectivity index (χ3v) is 6.83. The largest absolute Gasteiger partial charge is 0.507 e. The van der Waals surface area contributed by atoms with Gasteiger partial charge in [0.05, 0.1) is 18.7 Å². The molecule has 0 spiro atoms. The molecular weight excluding hydrogens is 452 g/mol. The summed E-state index contributed by atoms with van der Waals surface area (Å²) in [6.45, 7) is 9.71. The summed E-state index contributed by atoms with van der Waals surface area (Å²) in [6, 6.07) is 14.0. The van der Waals surface area contributed by atoms with E-state index in [1.807, 2.05) is 43.3 Å². The lowest BCUT2D eigenvalue weighted by Crippen LogP contribution is -2.34. The summed E-state index contributed by atoms with van der Waals surface area (Å²) < 4.78 is 5.60. The van der Waals surface area contributed by atoms with Crippen molar-refractivity contribution in [2.75, 3.05) is 33.3 Å². The van der Waals surface area contributed by atoms with Crippen LogP contribution >= 0.6 is 0 Å². The monoisotopic (exact) mass is 492 g/mol. The quantitative estimate of drug-likeness (QED) is 0.220. The highest BCUT2D eigenvalue weighted by molar-refractivity contribution is 6.46. The van der Waals surface area contributed by atoms with Crippen LogP contribution in [0.5, 0.6) is 5.75 Å². The standard InChI is InChI=1S/C30H40N2O4/c1-5-7-18-31(19-8-6-2)20-11-21-32-27(24-12-9-10-13-25(24)36-4)26(29(34)30(32)35)28(33)23-16-14-22(3)15-17-23/h9-10,12-17,27,33H,5-8,11,18-21H2,1-4H3/t27-/m1/s1. The van der Waals surface area contributed by atoms with E-state index in [-0.39, 0.29) is 11.3 Å². The molecule has 36 heavy (non-hydrogen) atoms. The fraction of sp³-hybridized carbons (Fsp3) is 0.467. The number of carbonyl (C=O) groups is 2. The van der Waals surface area contributed by atoms with Crippen molar-refractivity contribution >= 4 is 17.4 Å². The van der Waals surface area contributed by atoms with Gasteiger partial charge in [-0.1, -0.05) is 74.7 Å². The molecule has 1 heterocycles. The van der Waals surface area contributed by atoms with Gasteiger partial charge in [-0.15, -0.1) is 0 Å². The van der Waals surface area contributed by atoms with E-state index in [4.69, 9.17) is 4.74 Å². The second-order valence-electron chi connectivity index (χ2n) is 9.50. The molecule has 1 N–H and O–H groups in total. The minimum absolute atomic E-state index is 0.113. The molecule has 1 atom stereocenters. The van der Waals surface area contributed by atoms with Crippen molar-refractivity contribution < 1.29 is 19.4 Å². The summed E-state index contributed by atoms with van der Waals surface area (Å²) >= 11 is 0.